The van der Waals surface area contributed by atoms with Gasteiger partial charge in [-0.25, -0.2) is 0 Å². The van der Waals surface area contributed by atoms with Gasteiger partial charge in [0, 0.05) is 26.4 Å². The lowest BCUT2D eigenvalue weighted by molar-refractivity contribution is 0.778. The van der Waals surface area contributed by atoms with Gasteiger partial charge in [-0.2, -0.15) is 5.10 Å². The van der Waals surface area contributed by atoms with E-state index in [1.54, 1.807) is 4.68 Å². The summed E-state index contributed by atoms with van der Waals surface area (Å²) < 4.78 is 3.68. The molecule has 2 heterocycles. The zero-order valence-electron chi connectivity index (χ0n) is 7.73. The predicted octanol–water partition coefficient (Wildman–Crippen LogP) is 1.01. The van der Waals surface area contributed by atoms with Gasteiger partial charge in [0.15, 0.2) is 0 Å². The van der Waals surface area contributed by atoms with Crippen LogP contribution in [0.4, 0.5) is 5.82 Å². The molecule has 0 saturated carbocycles. The first-order chi connectivity index (χ1) is 6.18. The third-order valence-corrected chi connectivity index (χ3v) is 2.12. The molecule has 0 atom stereocenters. The van der Waals surface area contributed by atoms with E-state index in [-0.39, 0.29) is 0 Å². The normalized spacial score (nSPS) is 10.6. The Labute approximate surface area is 76.6 Å². The number of nitrogens with zero attached hydrogens (tertiary/aromatic N) is 3. The van der Waals surface area contributed by atoms with Crippen molar-refractivity contribution in [2.45, 2.75) is 0 Å². The standard InChI is InChI=1S/C9H12N4/c1-12-5-3-4-8(12)7-6-9(10)13(2)11-7/h3-6H,10H2,1-2H3. The van der Waals surface area contributed by atoms with Gasteiger partial charge in [0.25, 0.3) is 0 Å². The first kappa shape index (κ1) is 7.91. The van der Waals surface area contributed by atoms with Crippen LogP contribution >= 0.6 is 0 Å². The van der Waals surface area contributed by atoms with Crippen molar-refractivity contribution in [2.24, 2.45) is 14.1 Å². The Morgan fingerprint density at radius 3 is 2.62 bits per heavy atom. The number of nitrogen functional groups attached to an aromatic ring is 1. The Bertz CT molecular complexity index is 405. The summed E-state index contributed by atoms with van der Waals surface area (Å²) in [5, 5.41) is 4.28. The molecule has 0 aromatic carbocycles. The van der Waals surface area contributed by atoms with Crippen LogP contribution in [-0.4, -0.2) is 14.3 Å². The first-order valence-corrected chi connectivity index (χ1v) is 4.09. The molecular weight excluding hydrogens is 164 g/mol. The van der Waals surface area contributed by atoms with E-state index >= 15 is 0 Å². The Morgan fingerprint density at radius 1 is 1.38 bits per heavy atom. The minimum Gasteiger partial charge on any atom is -0.384 e. The summed E-state index contributed by atoms with van der Waals surface area (Å²) in [7, 11) is 3.82. The van der Waals surface area contributed by atoms with Gasteiger partial charge in [0.05, 0.1) is 5.69 Å². The fourth-order valence-electron chi connectivity index (χ4n) is 1.33. The van der Waals surface area contributed by atoms with Gasteiger partial charge >= 0.3 is 0 Å². The van der Waals surface area contributed by atoms with Gasteiger partial charge in [-0.1, -0.05) is 0 Å². The molecule has 0 saturated heterocycles. The van der Waals surface area contributed by atoms with Crippen molar-refractivity contribution >= 4 is 5.82 Å². The highest BCUT2D eigenvalue weighted by Gasteiger charge is 2.06. The molecule has 0 aliphatic rings. The quantitative estimate of drug-likeness (QED) is 0.704. The number of aryl methyl sites for hydroxylation is 2. The molecule has 0 unspecified atom stereocenters. The fourth-order valence-corrected chi connectivity index (χ4v) is 1.33. The Balaban J connectivity index is 2.53. The Morgan fingerprint density at radius 2 is 2.15 bits per heavy atom. The summed E-state index contributed by atoms with van der Waals surface area (Å²) in [6.45, 7) is 0. The highest BCUT2D eigenvalue weighted by atomic mass is 15.3. The average molecular weight is 176 g/mol. The van der Waals surface area contributed by atoms with E-state index in [0.29, 0.717) is 5.82 Å². The van der Waals surface area contributed by atoms with Gasteiger partial charge in [-0.15, -0.1) is 0 Å². The molecule has 2 aromatic heterocycles. The van der Waals surface area contributed by atoms with Crippen molar-refractivity contribution in [1.29, 1.82) is 0 Å². The third-order valence-electron chi connectivity index (χ3n) is 2.12. The first-order valence-electron chi connectivity index (χ1n) is 4.09. The van der Waals surface area contributed by atoms with Crippen LogP contribution in [0.3, 0.4) is 0 Å². The van der Waals surface area contributed by atoms with Crippen LogP contribution in [0, 0.1) is 0 Å². The van der Waals surface area contributed by atoms with Gasteiger partial charge in [0.1, 0.15) is 11.5 Å². The summed E-state index contributed by atoms with van der Waals surface area (Å²) in [6, 6.07) is 5.87. The molecule has 0 radical (unpaired) electrons. The maximum absolute atomic E-state index is 5.69. The third kappa shape index (κ3) is 1.20. The Kier molecular flexibility index (Phi) is 1.62. The number of hydrogen-bond acceptors (Lipinski definition) is 2. The summed E-state index contributed by atoms with van der Waals surface area (Å²) in [5.74, 6) is 0.677. The van der Waals surface area contributed by atoms with E-state index in [1.807, 2.05) is 43.1 Å². The largest absolute Gasteiger partial charge is 0.384 e. The SMILES string of the molecule is Cn1cccc1-c1cc(N)n(C)n1. The second-order valence-electron chi connectivity index (χ2n) is 3.08. The molecule has 2 aromatic rings. The lowest BCUT2D eigenvalue weighted by atomic mass is 10.3. The van der Waals surface area contributed by atoms with Crippen molar-refractivity contribution in [3.05, 3.63) is 24.4 Å². The summed E-state index contributed by atoms with van der Waals surface area (Å²) in [5.41, 5.74) is 7.67. The molecule has 0 aliphatic heterocycles. The van der Waals surface area contributed by atoms with Gasteiger partial charge in [0.2, 0.25) is 0 Å². The second kappa shape index (κ2) is 2.65. The minimum atomic E-state index is 0.677. The molecule has 2 rings (SSSR count). The molecule has 4 heteroatoms. The summed E-state index contributed by atoms with van der Waals surface area (Å²) >= 11 is 0. The van der Waals surface area contributed by atoms with Crippen molar-refractivity contribution in [3.63, 3.8) is 0 Å². The number of anilines is 1. The van der Waals surface area contributed by atoms with Crippen LogP contribution < -0.4 is 5.73 Å². The second-order valence-corrected chi connectivity index (χ2v) is 3.08. The average Bonchev–Trinajstić information content (AvgIpc) is 2.60. The zero-order valence-corrected chi connectivity index (χ0v) is 7.73. The molecule has 0 fully saturated rings. The summed E-state index contributed by atoms with van der Waals surface area (Å²) in [4.78, 5) is 0. The molecule has 2 N–H and O–H groups in total. The van der Waals surface area contributed by atoms with Crippen LogP contribution in [0.1, 0.15) is 0 Å². The highest BCUT2D eigenvalue weighted by molar-refractivity contribution is 5.58. The highest BCUT2D eigenvalue weighted by Crippen LogP contribution is 2.19. The van der Waals surface area contributed by atoms with Crippen LogP contribution in [0.2, 0.25) is 0 Å². The molecule has 0 amide bonds. The number of nitrogens with two attached hydrogens (primary N) is 1. The smallest absolute Gasteiger partial charge is 0.122 e. The van der Waals surface area contributed by atoms with E-state index in [0.717, 1.165) is 11.4 Å². The van der Waals surface area contributed by atoms with Crippen LogP contribution in [0.25, 0.3) is 11.4 Å². The minimum absolute atomic E-state index is 0.677. The van der Waals surface area contributed by atoms with Crippen LogP contribution in [0.15, 0.2) is 24.4 Å². The number of rotatable bonds is 1. The molecule has 13 heavy (non-hydrogen) atoms. The number of aromatic nitrogens is 3. The molecule has 0 bridgehead atoms. The fraction of sp³-hybridized carbons (Fsp3) is 0.222. The topological polar surface area (TPSA) is 48.8 Å². The van der Waals surface area contributed by atoms with Crippen molar-refractivity contribution in [3.8, 4) is 11.4 Å². The van der Waals surface area contributed by atoms with Crippen LogP contribution in [-0.2, 0) is 14.1 Å². The van der Waals surface area contributed by atoms with Crippen LogP contribution in [0.5, 0.6) is 0 Å². The van der Waals surface area contributed by atoms with E-state index in [1.165, 1.54) is 0 Å². The maximum Gasteiger partial charge on any atom is 0.122 e. The van der Waals surface area contributed by atoms with Gasteiger partial charge in [-0.3, -0.25) is 4.68 Å². The van der Waals surface area contributed by atoms with E-state index in [9.17, 15) is 0 Å². The molecule has 4 nitrogen and oxygen atoms in total. The lowest BCUT2D eigenvalue weighted by Gasteiger charge is -1.97. The maximum atomic E-state index is 5.69. The molecule has 0 spiro atoms. The molecular formula is C9H12N4. The van der Waals surface area contributed by atoms with E-state index in [2.05, 4.69) is 5.10 Å². The molecule has 68 valence electrons. The van der Waals surface area contributed by atoms with E-state index < -0.39 is 0 Å². The zero-order chi connectivity index (χ0) is 9.42. The van der Waals surface area contributed by atoms with Crippen molar-refractivity contribution in [1.82, 2.24) is 14.3 Å². The van der Waals surface area contributed by atoms with Gasteiger partial charge in [-0.05, 0) is 12.1 Å². The summed E-state index contributed by atoms with van der Waals surface area (Å²) in [6.07, 6.45) is 1.99. The lowest BCUT2D eigenvalue weighted by Crippen LogP contribution is -1.97. The van der Waals surface area contributed by atoms with Gasteiger partial charge < -0.3 is 10.3 Å². The van der Waals surface area contributed by atoms with Crippen molar-refractivity contribution < 1.29 is 0 Å². The van der Waals surface area contributed by atoms with Crippen molar-refractivity contribution in [2.75, 3.05) is 5.73 Å². The molecule has 0 aliphatic carbocycles. The van der Waals surface area contributed by atoms with E-state index in [4.69, 9.17) is 5.73 Å². The monoisotopic (exact) mass is 176 g/mol. The number of hydrogen-bond donors (Lipinski definition) is 1. The predicted molar refractivity (Wildman–Crippen MR) is 52.0 cm³/mol. The Hall–Kier alpha value is -1.71.